The molecule has 0 spiro atoms. The summed E-state index contributed by atoms with van der Waals surface area (Å²) in [5.41, 5.74) is 1.55. The Kier molecular flexibility index (Phi) is 6.67. The zero-order valence-electron chi connectivity index (χ0n) is 17.0. The minimum absolute atomic E-state index is 0.271. The largest absolute Gasteiger partial charge is 0.487 e. The van der Waals surface area contributed by atoms with Crippen LogP contribution in [-0.4, -0.2) is 21.7 Å². The molecule has 0 unspecified atom stereocenters. The highest BCUT2D eigenvalue weighted by molar-refractivity contribution is 5.76. The highest BCUT2D eigenvalue weighted by Gasteiger charge is 2.29. The molecule has 0 fully saturated rings. The average Bonchev–Trinajstić information content (AvgIpc) is 2.72. The van der Waals surface area contributed by atoms with Gasteiger partial charge < -0.3 is 14.6 Å². The Labute approximate surface area is 175 Å². The summed E-state index contributed by atoms with van der Waals surface area (Å²) in [4.78, 5) is 15.7. The molecule has 0 amide bonds. The SMILES string of the molecule is CC(C)(Oc1cccc(CCc2ccc(OCc3ccc(F)cc3)cn2)c1)C(=O)O. The molecule has 0 atom stereocenters. The smallest absolute Gasteiger partial charge is 0.347 e. The van der Waals surface area contributed by atoms with Gasteiger partial charge in [-0.3, -0.25) is 4.98 Å². The van der Waals surface area contributed by atoms with E-state index in [1.807, 2.05) is 30.3 Å². The van der Waals surface area contributed by atoms with Crippen molar-refractivity contribution in [3.8, 4) is 11.5 Å². The maximum Gasteiger partial charge on any atom is 0.347 e. The number of halogens is 1. The van der Waals surface area contributed by atoms with Crippen LogP contribution in [0.1, 0.15) is 30.7 Å². The van der Waals surface area contributed by atoms with Crippen molar-refractivity contribution in [1.82, 2.24) is 4.98 Å². The fourth-order valence-corrected chi connectivity index (χ4v) is 2.77. The van der Waals surface area contributed by atoms with Gasteiger partial charge in [0.15, 0.2) is 5.60 Å². The predicted molar refractivity (Wildman–Crippen MR) is 111 cm³/mol. The number of aromatic nitrogens is 1. The van der Waals surface area contributed by atoms with Gasteiger partial charge in [0.1, 0.15) is 23.9 Å². The Bertz CT molecular complexity index is 985. The summed E-state index contributed by atoms with van der Waals surface area (Å²) in [6, 6.07) is 17.4. The fraction of sp³-hybridized carbons (Fsp3) is 0.250. The lowest BCUT2D eigenvalue weighted by Crippen LogP contribution is -2.37. The molecule has 30 heavy (non-hydrogen) atoms. The van der Waals surface area contributed by atoms with Gasteiger partial charge in [-0.05, 0) is 74.2 Å². The molecule has 0 radical (unpaired) electrons. The zero-order chi connectivity index (χ0) is 21.6. The highest BCUT2D eigenvalue weighted by atomic mass is 19.1. The molecule has 0 aliphatic rings. The van der Waals surface area contributed by atoms with Crippen molar-refractivity contribution >= 4 is 5.97 Å². The van der Waals surface area contributed by atoms with E-state index in [0.29, 0.717) is 18.1 Å². The van der Waals surface area contributed by atoms with Crippen LogP contribution in [0, 0.1) is 5.82 Å². The number of carboxylic acids is 1. The van der Waals surface area contributed by atoms with Crippen LogP contribution < -0.4 is 9.47 Å². The van der Waals surface area contributed by atoms with E-state index in [4.69, 9.17) is 9.47 Å². The molecular formula is C24H24FNO4. The molecule has 156 valence electrons. The first-order valence-electron chi connectivity index (χ1n) is 9.65. The standard InChI is InChI=1S/C24H24FNO4/c1-24(2,23(27)28)30-21-5-3-4-17(14-21)8-11-20-12-13-22(15-26-20)29-16-18-6-9-19(25)10-7-18/h3-7,9-10,12-15H,8,11,16H2,1-2H3,(H,27,28). The highest BCUT2D eigenvalue weighted by Crippen LogP contribution is 2.21. The van der Waals surface area contributed by atoms with Gasteiger partial charge in [0.05, 0.1) is 6.20 Å². The molecule has 1 N–H and O–H groups in total. The van der Waals surface area contributed by atoms with Crippen molar-refractivity contribution < 1.29 is 23.8 Å². The number of hydrogen-bond acceptors (Lipinski definition) is 4. The van der Waals surface area contributed by atoms with Crippen LogP contribution in [0.2, 0.25) is 0 Å². The number of aliphatic carboxylic acids is 1. The average molecular weight is 409 g/mol. The molecule has 1 aromatic heterocycles. The van der Waals surface area contributed by atoms with Gasteiger partial charge in [-0.1, -0.05) is 24.3 Å². The summed E-state index contributed by atoms with van der Waals surface area (Å²) in [6.07, 6.45) is 3.14. The van der Waals surface area contributed by atoms with Crippen LogP contribution in [0.3, 0.4) is 0 Å². The second-order valence-electron chi connectivity index (χ2n) is 7.47. The third kappa shape index (κ3) is 6.04. The molecule has 0 bridgehead atoms. The Morgan fingerprint density at radius 3 is 2.43 bits per heavy atom. The maximum absolute atomic E-state index is 12.9. The third-order valence-electron chi connectivity index (χ3n) is 4.57. The van der Waals surface area contributed by atoms with Crippen molar-refractivity contribution in [3.63, 3.8) is 0 Å². The number of carbonyl (C=O) groups is 1. The van der Waals surface area contributed by atoms with Gasteiger partial charge >= 0.3 is 5.97 Å². The molecule has 0 aliphatic carbocycles. The van der Waals surface area contributed by atoms with Gasteiger partial charge in [0, 0.05) is 5.69 Å². The molecule has 0 saturated heterocycles. The quantitative estimate of drug-likeness (QED) is 0.548. The van der Waals surface area contributed by atoms with Crippen LogP contribution in [0.4, 0.5) is 4.39 Å². The van der Waals surface area contributed by atoms with Crippen molar-refractivity contribution in [1.29, 1.82) is 0 Å². The van der Waals surface area contributed by atoms with Crippen molar-refractivity contribution in [2.75, 3.05) is 0 Å². The van der Waals surface area contributed by atoms with E-state index in [9.17, 15) is 14.3 Å². The number of rotatable bonds is 9. The molecule has 2 aromatic carbocycles. The van der Waals surface area contributed by atoms with Crippen LogP contribution in [0.15, 0.2) is 66.9 Å². The Morgan fingerprint density at radius 1 is 1.00 bits per heavy atom. The second-order valence-corrected chi connectivity index (χ2v) is 7.47. The second kappa shape index (κ2) is 9.39. The number of aryl methyl sites for hydroxylation is 2. The molecule has 6 heteroatoms. The van der Waals surface area contributed by atoms with Crippen molar-refractivity contribution in [2.24, 2.45) is 0 Å². The summed E-state index contributed by atoms with van der Waals surface area (Å²) in [6.45, 7) is 3.39. The summed E-state index contributed by atoms with van der Waals surface area (Å²) in [5, 5.41) is 9.20. The van der Waals surface area contributed by atoms with E-state index >= 15 is 0 Å². The molecular weight excluding hydrogens is 385 g/mol. The summed E-state index contributed by atoms with van der Waals surface area (Å²) < 4.78 is 24.2. The number of benzene rings is 2. The van der Waals surface area contributed by atoms with Gasteiger partial charge in [-0.25, -0.2) is 9.18 Å². The minimum Gasteiger partial charge on any atom is -0.487 e. The van der Waals surface area contributed by atoms with Gasteiger partial charge in [-0.15, -0.1) is 0 Å². The molecule has 3 aromatic rings. The number of ether oxygens (including phenoxy) is 2. The lowest BCUT2D eigenvalue weighted by molar-refractivity contribution is -0.152. The lowest BCUT2D eigenvalue weighted by atomic mass is 10.1. The maximum atomic E-state index is 12.9. The molecule has 5 nitrogen and oxygen atoms in total. The lowest BCUT2D eigenvalue weighted by Gasteiger charge is -2.21. The van der Waals surface area contributed by atoms with Gasteiger partial charge in [-0.2, -0.15) is 0 Å². The Morgan fingerprint density at radius 2 is 1.77 bits per heavy atom. The van der Waals surface area contributed by atoms with Crippen LogP contribution in [0.25, 0.3) is 0 Å². The number of hydrogen-bond donors (Lipinski definition) is 1. The normalized spacial score (nSPS) is 11.2. The van der Waals surface area contributed by atoms with Crippen LogP contribution in [-0.2, 0) is 24.2 Å². The third-order valence-corrected chi connectivity index (χ3v) is 4.57. The first-order valence-corrected chi connectivity index (χ1v) is 9.65. The molecule has 1 heterocycles. The first kappa shape index (κ1) is 21.3. The van der Waals surface area contributed by atoms with E-state index < -0.39 is 11.6 Å². The molecule has 3 rings (SSSR count). The number of nitrogens with zero attached hydrogens (tertiary/aromatic N) is 1. The summed E-state index contributed by atoms with van der Waals surface area (Å²) in [7, 11) is 0. The van der Waals surface area contributed by atoms with Gasteiger partial charge in [0.2, 0.25) is 0 Å². The zero-order valence-corrected chi connectivity index (χ0v) is 17.0. The van der Waals surface area contributed by atoms with Crippen LogP contribution in [0.5, 0.6) is 11.5 Å². The molecule has 0 aliphatic heterocycles. The Balaban J connectivity index is 1.53. The summed E-state index contributed by atoms with van der Waals surface area (Å²) in [5.74, 6) is -0.113. The summed E-state index contributed by atoms with van der Waals surface area (Å²) >= 11 is 0. The van der Waals surface area contributed by atoms with Crippen molar-refractivity contribution in [3.05, 3.63) is 89.5 Å². The van der Waals surface area contributed by atoms with E-state index in [-0.39, 0.29) is 5.82 Å². The number of pyridine rings is 1. The number of carboxylic acid groups (broad SMARTS) is 1. The van der Waals surface area contributed by atoms with E-state index in [1.54, 1.807) is 24.4 Å². The monoisotopic (exact) mass is 409 g/mol. The first-order chi connectivity index (χ1) is 14.3. The predicted octanol–water partition coefficient (Wildman–Crippen LogP) is 4.83. The minimum atomic E-state index is -1.29. The van der Waals surface area contributed by atoms with Gasteiger partial charge in [0.25, 0.3) is 0 Å². The fourth-order valence-electron chi connectivity index (χ4n) is 2.77. The van der Waals surface area contributed by atoms with Crippen molar-refractivity contribution in [2.45, 2.75) is 38.9 Å². The van der Waals surface area contributed by atoms with E-state index in [1.165, 1.54) is 26.0 Å². The topological polar surface area (TPSA) is 68.7 Å². The molecule has 0 saturated carbocycles. The Hall–Kier alpha value is -3.41. The van der Waals surface area contributed by atoms with E-state index in [2.05, 4.69) is 4.98 Å². The van der Waals surface area contributed by atoms with E-state index in [0.717, 1.165) is 29.7 Å². The van der Waals surface area contributed by atoms with Crippen LogP contribution >= 0.6 is 0 Å².